The van der Waals surface area contributed by atoms with Gasteiger partial charge in [-0.3, -0.25) is 4.79 Å². The smallest absolute Gasteiger partial charge is 0.407 e. The van der Waals surface area contributed by atoms with Crippen LogP contribution in [0.3, 0.4) is 0 Å². The first kappa shape index (κ1) is 24.1. The van der Waals surface area contributed by atoms with Gasteiger partial charge < -0.3 is 20.5 Å². The lowest BCUT2D eigenvalue weighted by Gasteiger charge is -2.29. The molecule has 7 nitrogen and oxygen atoms in total. The topological polar surface area (TPSA) is 105 Å². The summed E-state index contributed by atoms with van der Waals surface area (Å²) in [5.74, 6) is -1.10. The Kier molecular flexibility index (Phi) is 7.16. The van der Waals surface area contributed by atoms with E-state index in [0.717, 1.165) is 35.1 Å². The number of nitrogens with one attached hydrogen (secondary N) is 2. The van der Waals surface area contributed by atoms with Crippen molar-refractivity contribution in [3.05, 3.63) is 59.7 Å². The molecule has 0 saturated heterocycles. The first-order chi connectivity index (χ1) is 16.3. The minimum absolute atomic E-state index is 0.0817. The highest BCUT2D eigenvalue weighted by Gasteiger charge is 2.49. The number of rotatable bonds is 10. The van der Waals surface area contributed by atoms with Crippen LogP contribution >= 0.6 is 11.8 Å². The Bertz CT molecular complexity index is 1040. The molecule has 3 N–H and O–H groups in total. The molecule has 2 atom stereocenters. The van der Waals surface area contributed by atoms with Crippen molar-refractivity contribution < 1.29 is 24.2 Å². The van der Waals surface area contributed by atoms with Crippen molar-refractivity contribution in [2.45, 2.75) is 43.7 Å². The summed E-state index contributed by atoms with van der Waals surface area (Å²) in [4.78, 5) is 37.5. The molecule has 2 aromatic carbocycles. The van der Waals surface area contributed by atoms with E-state index < -0.39 is 29.6 Å². The molecule has 0 heterocycles. The molecule has 1 unspecified atom stereocenters. The molecular formula is C26H30N2O5S. The second-order valence-corrected chi connectivity index (χ2v) is 10.1. The molecule has 2 amide bonds. The van der Waals surface area contributed by atoms with E-state index in [1.807, 2.05) is 42.7 Å². The summed E-state index contributed by atoms with van der Waals surface area (Å²) >= 11 is 1.55. The second-order valence-electron chi connectivity index (χ2n) is 9.07. The SMILES string of the molecule is CSCC[C@@H](NC(=O)OCC1c2ccccc2-c2ccccc21)C(=O)NC(C)(C(=O)O)C1CC1. The summed E-state index contributed by atoms with van der Waals surface area (Å²) in [5, 5.41) is 15.0. The number of benzene rings is 2. The Hall–Kier alpha value is -3.00. The largest absolute Gasteiger partial charge is 0.480 e. The van der Waals surface area contributed by atoms with Crippen molar-refractivity contribution >= 4 is 29.7 Å². The Balaban J connectivity index is 1.42. The molecular weight excluding hydrogens is 452 g/mol. The third-order valence-electron chi connectivity index (χ3n) is 6.78. The van der Waals surface area contributed by atoms with E-state index in [1.54, 1.807) is 11.8 Å². The number of alkyl carbamates (subject to hydrolysis) is 1. The number of amides is 2. The Labute approximate surface area is 203 Å². The van der Waals surface area contributed by atoms with Crippen LogP contribution in [-0.2, 0) is 14.3 Å². The van der Waals surface area contributed by atoms with Crippen LogP contribution in [0.15, 0.2) is 48.5 Å². The molecule has 2 aliphatic carbocycles. The number of thioether (sulfide) groups is 1. The number of aliphatic carboxylic acids is 1. The zero-order chi connectivity index (χ0) is 24.3. The molecule has 2 aromatic rings. The predicted molar refractivity (Wildman–Crippen MR) is 132 cm³/mol. The maximum absolute atomic E-state index is 13.0. The second kappa shape index (κ2) is 10.1. The number of fused-ring (bicyclic) bond motifs is 3. The van der Waals surface area contributed by atoms with Gasteiger partial charge in [0.1, 0.15) is 18.2 Å². The molecule has 4 rings (SSSR count). The van der Waals surface area contributed by atoms with Crippen LogP contribution in [0.5, 0.6) is 0 Å². The monoisotopic (exact) mass is 482 g/mol. The minimum atomic E-state index is -1.34. The van der Waals surface area contributed by atoms with Gasteiger partial charge in [0, 0.05) is 5.92 Å². The lowest BCUT2D eigenvalue weighted by atomic mass is 9.95. The van der Waals surface area contributed by atoms with Crippen molar-refractivity contribution in [1.82, 2.24) is 10.6 Å². The minimum Gasteiger partial charge on any atom is -0.480 e. The third-order valence-corrected chi connectivity index (χ3v) is 7.43. The molecule has 0 aliphatic heterocycles. The molecule has 8 heteroatoms. The molecule has 1 saturated carbocycles. The quantitative estimate of drug-likeness (QED) is 0.473. The van der Waals surface area contributed by atoms with Crippen LogP contribution in [-0.4, -0.2) is 53.3 Å². The fourth-order valence-electron chi connectivity index (χ4n) is 4.62. The van der Waals surface area contributed by atoms with Gasteiger partial charge in [-0.2, -0.15) is 11.8 Å². The summed E-state index contributed by atoms with van der Waals surface area (Å²) in [6.07, 6.45) is 3.12. The van der Waals surface area contributed by atoms with E-state index in [-0.39, 0.29) is 18.4 Å². The number of carboxylic acids is 1. The maximum Gasteiger partial charge on any atom is 0.407 e. The van der Waals surface area contributed by atoms with Gasteiger partial charge in [0.2, 0.25) is 5.91 Å². The van der Waals surface area contributed by atoms with Crippen molar-refractivity contribution in [2.24, 2.45) is 5.92 Å². The lowest BCUT2D eigenvalue weighted by Crippen LogP contribution is -2.59. The molecule has 180 valence electrons. The highest BCUT2D eigenvalue weighted by Crippen LogP contribution is 2.44. The number of carboxylic acid groups (broad SMARTS) is 1. The zero-order valence-electron chi connectivity index (χ0n) is 19.4. The van der Waals surface area contributed by atoms with Crippen LogP contribution in [0.25, 0.3) is 11.1 Å². The Morgan fingerprint density at radius 2 is 1.68 bits per heavy atom. The molecule has 0 radical (unpaired) electrons. The highest BCUT2D eigenvalue weighted by molar-refractivity contribution is 7.98. The van der Waals surface area contributed by atoms with Crippen LogP contribution < -0.4 is 10.6 Å². The summed E-state index contributed by atoms with van der Waals surface area (Å²) in [7, 11) is 0. The van der Waals surface area contributed by atoms with Crippen molar-refractivity contribution in [2.75, 3.05) is 18.6 Å². The molecule has 0 spiro atoms. The van der Waals surface area contributed by atoms with Crippen LogP contribution in [0.1, 0.15) is 43.2 Å². The van der Waals surface area contributed by atoms with Crippen molar-refractivity contribution in [3.8, 4) is 11.1 Å². The maximum atomic E-state index is 13.0. The molecule has 0 bridgehead atoms. The predicted octanol–water partition coefficient (Wildman–Crippen LogP) is 4.02. The van der Waals surface area contributed by atoms with Crippen LogP contribution in [0.4, 0.5) is 4.79 Å². The van der Waals surface area contributed by atoms with E-state index in [9.17, 15) is 19.5 Å². The fourth-order valence-corrected chi connectivity index (χ4v) is 5.09. The Morgan fingerprint density at radius 3 is 2.21 bits per heavy atom. The lowest BCUT2D eigenvalue weighted by molar-refractivity contribution is -0.148. The van der Waals surface area contributed by atoms with Gasteiger partial charge in [0.25, 0.3) is 0 Å². The number of carbonyl (C=O) groups excluding carboxylic acids is 2. The number of hydrogen-bond acceptors (Lipinski definition) is 5. The van der Waals surface area contributed by atoms with Crippen LogP contribution in [0.2, 0.25) is 0 Å². The average Bonchev–Trinajstić information content (AvgIpc) is 3.64. The Morgan fingerprint density at radius 1 is 1.09 bits per heavy atom. The summed E-state index contributed by atoms with van der Waals surface area (Å²) in [5.41, 5.74) is 3.15. The molecule has 2 aliphatic rings. The van der Waals surface area contributed by atoms with Gasteiger partial charge >= 0.3 is 12.1 Å². The summed E-state index contributed by atoms with van der Waals surface area (Å²) < 4.78 is 5.58. The standard InChI is InChI=1S/C26H30N2O5S/c1-26(24(30)31,16-11-12-16)28-23(29)22(13-14-34-2)27-25(32)33-15-21-19-9-5-3-7-17(19)18-8-4-6-10-20(18)21/h3-10,16,21-22H,11-15H2,1-2H3,(H,27,32)(H,28,29)(H,30,31)/t22-,26?/m1/s1. The van der Waals surface area contributed by atoms with E-state index in [4.69, 9.17) is 4.74 Å². The van der Waals surface area contributed by atoms with Gasteiger partial charge in [-0.05, 0) is 66.4 Å². The molecule has 1 fully saturated rings. The van der Waals surface area contributed by atoms with Crippen LogP contribution in [0, 0.1) is 5.92 Å². The van der Waals surface area contributed by atoms with Gasteiger partial charge in [0.15, 0.2) is 0 Å². The van der Waals surface area contributed by atoms with Gasteiger partial charge in [0.05, 0.1) is 0 Å². The van der Waals surface area contributed by atoms with E-state index in [1.165, 1.54) is 6.92 Å². The van der Waals surface area contributed by atoms with Gasteiger partial charge in [-0.25, -0.2) is 9.59 Å². The first-order valence-corrected chi connectivity index (χ1v) is 12.9. The molecule has 0 aromatic heterocycles. The van der Waals surface area contributed by atoms with Gasteiger partial charge in [-0.1, -0.05) is 48.5 Å². The summed E-state index contributed by atoms with van der Waals surface area (Å²) in [6, 6.07) is 15.3. The normalized spacial score (nSPS) is 17.1. The fraction of sp³-hybridized carbons (Fsp3) is 0.423. The van der Waals surface area contributed by atoms with Crippen molar-refractivity contribution in [3.63, 3.8) is 0 Å². The third kappa shape index (κ3) is 4.92. The molecule has 34 heavy (non-hydrogen) atoms. The van der Waals surface area contributed by atoms with E-state index in [0.29, 0.717) is 12.2 Å². The van der Waals surface area contributed by atoms with E-state index >= 15 is 0 Å². The number of carbonyl (C=O) groups is 3. The van der Waals surface area contributed by atoms with Gasteiger partial charge in [-0.15, -0.1) is 0 Å². The average molecular weight is 483 g/mol. The number of hydrogen-bond donors (Lipinski definition) is 3. The highest BCUT2D eigenvalue weighted by atomic mass is 32.2. The zero-order valence-corrected chi connectivity index (χ0v) is 20.2. The van der Waals surface area contributed by atoms with E-state index in [2.05, 4.69) is 22.8 Å². The van der Waals surface area contributed by atoms with Crippen molar-refractivity contribution in [1.29, 1.82) is 0 Å². The first-order valence-electron chi connectivity index (χ1n) is 11.5. The summed E-state index contributed by atoms with van der Waals surface area (Å²) in [6.45, 7) is 1.68. The number of ether oxygens (including phenoxy) is 1.